The van der Waals surface area contributed by atoms with E-state index in [1.807, 2.05) is 0 Å². The molecule has 1 unspecified atom stereocenters. The third-order valence-electron chi connectivity index (χ3n) is 3.76. The molecule has 0 aromatic carbocycles. The highest BCUT2D eigenvalue weighted by molar-refractivity contribution is 5.85. The fourth-order valence-corrected chi connectivity index (χ4v) is 2.33. The number of aliphatic hydroxyl groups excluding tert-OH is 1. The molecule has 0 aliphatic rings. The Morgan fingerprint density at radius 2 is 1.57 bits per heavy atom. The van der Waals surface area contributed by atoms with Crippen LogP contribution in [0.4, 0.5) is 0 Å². The molecule has 0 saturated carbocycles. The molecule has 0 aliphatic carbocycles. The van der Waals surface area contributed by atoms with Crippen molar-refractivity contribution in [2.75, 3.05) is 26.7 Å². The molecule has 1 atom stereocenters. The van der Waals surface area contributed by atoms with Gasteiger partial charge in [0.2, 0.25) is 0 Å². The number of carbonyl (C=O) groups excluding carboxylic acids is 1. The summed E-state index contributed by atoms with van der Waals surface area (Å²) in [7, 11) is 1.44. The number of nitrogens with zero attached hydrogens (tertiary/aromatic N) is 1. The van der Waals surface area contributed by atoms with Gasteiger partial charge in [-0.25, -0.2) is 0 Å². The summed E-state index contributed by atoms with van der Waals surface area (Å²) in [6.45, 7) is 7.07. The maximum atomic E-state index is 10.9. The molecule has 0 bridgehead atoms. The van der Waals surface area contributed by atoms with Gasteiger partial charge < -0.3 is 14.7 Å². The van der Waals surface area contributed by atoms with Gasteiger partial charge in [-0.2, -0.15) is 0 Å². The van der Waals surface area contributed by atoms with Crippen LogP contribution in [0.3, 0.4) is 0 Å². The summed E-state index contributed by atoms with van der Waals surface area (Å²) in [5.74, 6) is -0.107. The van der Waals surface area contributed by atoms with Crippen molar-refractivity contribution in [1.29, 1.82) is 0 Å². The van der Waals surface area contributed by atoms with Gasteiger partial charge >= 0.3 is 5.97 Å². The summed E-state index contributed by atoms with van der Waals surface area (Å²) in [5, 5.41) is 9.92. The zero-order valence-electron chi connectivity index (χ0n) is 14.0. The molecule has 0 radical (unpaired) electrons. The standard InChI is InChI=1S/C16H33NO3.ClH/c1-4-17(5-2)14-15(18)12-10-8-6-7-9-11-13-16(19)20-3;/h15,18H,4-14H2,1-3H3;1H. The Morgan fingerprint density at radius 3 is 2.10 bits per heavy atom. The number of carbonyl (C=O) groups is 1. The van der Waals surface area contributed by atoms with Gasteiger partial charge in [-0.15, -0.1) is 12.4 Å². The molecular weight excluding hydrogens is 290 g/mol. The van der Waals surface area contributed by atoms with Crippen molar-refractivity contribution in [3.05, 3.63) is 0 Å². The Hall–Kier alpha value is -0.320. The van der Waals surface area contributed by atoms with Crippen LogP contribution < -0.4 is 0 Å². The van der Waals surface area contributed by atoms with Crippen molar-refractivity contribution in [2.45, 2.75) is 71.3 Å². The van der Waals surface area contributed by atoms with Gasteiger partial charge in [0.1, 0.15) is 0 Å². The van der Waals surface area contributed by atoms with E-state index in [1.54, 1.807) is 0 Å². The Kier molecular flexibility index (Phi) is 17.6. The number of hydrogen-bond acceptors (Lipinski definition) is 4. The molecule has 0 aromatic rings. The van der Waals surface area contributed by atoms with Crippen LogP contribution in [0.15, 0.2) is 0 Å². The second-order valence-electron chi connectivity index (χ2n) is 5.38. The lowest BCUT2D eigenvalue weighted by molar-refractivity contribution is -0.140. The first kappa shape index (κ1) is 23.0. The Balaban J connectivity index is 0. The average Bonchev–Trinajstić information content (AvgIpc) is 2.46. The third kappa shape index (κ3) is 14.4. The van der Waals surface area contributed by atoms with Gasteiger partial charge in [-0.1, -0.05) is 46.0 Å². The van der Waals surface area contributed by atoms with Gasteiger partial charge in [0.15, 0.2) is 0 Å². The summed E-state index contributed by atoms with van der Waals surface area (Å²) in [6, 6.07) is 0. The number of ether oxygens (including phenoxy) is 1. The molecule has 0 fully saturated rings. The van der Waals surface area contributed by atoms with E-state index in [1.165, 1.54) is 26.4 Å². The first-order valence-corrected chi connectivity index (χ1v) is 8.11. The van der Waals surface area contributed by atoms with Gasteiger partial charge in [0.05, 0.1) is 13.2 Å². The molecule has 128 valence electrons. The highest BCUT2D eigenvalue weighted by Gasteiger charge is 2.08. The predicted molar refractivity (Wildman–Crippen MR) is 90.0 cm³/mol. The van der Waals surface area contributed by atoms with E-state index >= 15 is 0 Å². The molecule has 0 amide bonds. The third-order valence-corrected chi connectivity index (χ3v) is 3.76. The second-order valence-corrected chi connectivity index (χ2v) is 5.38. The van der Waals surface area contributed by atoms with E-state index in [0.717, 1.165) is 45.3 Å². The van der Waals surface area contributed by atoms with E-state index in [9.17, 15) is 9.90 Å². The van der Waals surface area contributed by atoms with Crippen LogP contribution in [-0.4, -0.2) is 48.8 Å². The van der Waals surface area contributed by atoms with E-state index in [0.29, 0.717) is 6.42 Å². The Labute approximate surface area is 136 Å². The first-order chi connectivity index (χ1) is 9.63. The molecule has 0 rings (SSSR count). The number of unbranched alkanes of at least 4 members (excludes halogenated alkanes) is 5. The molecule has 21 heavy (non-hydrogen) atoms. The number of hydrogen-bond donors (Lipinski definition) is 1. The van der Waals surface area contributed by atoms with Crippen molar-refractivity contribution in [3.8, 4) is 0 Å². The number of likely N-dealkylation sites (N-methyl/N-ethyl adjacent to an activating group) is 1. The second kappa shape index (κ2) is 16.1. The summed E-state index contributed by atoms with van der Waals surface area (Å²) in [6.07, 6.45) is 7.91. The highest BCUT2D eigenvalue weighted by atomic mass is 35.5. The SMILES string of the molecule is CCN(CC)CC(O)CCCCCCCCC(=O)OC.Cl. The summed E-state index contributed by atoms with van der Waals surface area (Å²) in [5.41, 5.74) is 0. The lowest BCUT2D eigenvalue weighted by Crippen LogP contribution is -2.32. The van der Waals surface area contributed by atoms with Crippen LogP contribution in [0.1, 0.15) is 65.2 Å². The molecule has 0 aliphatic heterocycles. The quantitative estimate of drug-likeness (QED) is 0.417. The number of esters is 1. The maximum absolute atomic E-state index is 10.9. The normalized spacial score (nSPS) is 12.0. The average molecular weight is 324 g/mol. The summed E-state index contributed by atoms with van der Waals surface area (Å²) >= 11 is 0. The molecule has 5 heteroatoms. The Morgan fingerprint density at radius 1 is 1.05 bits per heavy atom. The highest BCUT2D eigenvalue weighted by Crippen LogP contribution is 2.10. The van der Waals surface area contributed by atoms with E-state index in [4.69, 9.17) is 0 Å². The van der Waals surface area contributed by atoms with Crippen LogP contribution in [0.2, 0.25) is 0 Å². The monoisotopic (exact) mass is 323 g/mol. The molecular formula is C16H34ClNO3. The predicted octanol–water partition coefficient (Wildman–Crippen LogP) is 3.40. The lowest BCUT2D eigenvalue weighted by Gasteiger charge is -2.21. The molecule has 1 N–H and O–H groups in total. The zero-order valence-corrected chi connectivity index (χ0v) is 14.8. The van der Waals surface area contributed by atoms with Crippen molar-refractivity contribution in [1.82, 2.24) is 4.90 Å². The fourth-order valence-electron chi connectivity index (χ4n) is 2.33. The smallest absolute Gasteiger partial charge is 0.305 e. The minimum Gasteiger partial charge on any atom is -0.469 e. The van der Waals surface area contributed by atoms with Gasteiger partial charge in [0, 0.05) is 13.0 Å². The minimum atomic E-state index is -0.186. The topological polar surface area (TPSA) is 49.8 Å². The number of aliphatic hydroxyl groups is 1. The van der Waals surface area contributed by atoms with Gasteiger partial charge in [-0.05, 0) is 25.9 Å². The largest absolute Gasteiger partial charge is 0.469 e. The van der Waals surface area contributed by atoms with Gasteiger partial charge in [0.25, 0.3) is 0 Å². The van der Waals surface area contributed by atoms with Crippen molar-refractivity contribution in [3.63, 3.8) is 0 Å². The minimum absolute atomic E-state index is 0. The van der Waals surface area contributed by atoms with Crippen LogP contribution >= 0.6 is 12.4 Å². The van der Waals surface area contributed by atoms with Crippen molar-refractivity contribution >= 4 is 18.4 Å². The lowest BCUT2D eigenvalue weighted by atomic mass is 10.1. The Bertz CT molecular complexity index is 236. The molecule has 0 heterocycles. The van der Waals surface area contributed by atoms with E-state index < -0.39 is 0 Å². The van der Waals surface area contributed by atoms with Crippen LogP contribution in [-0.2, 0) is 9.53 Å². The summed E-state index contributed by atoms with van der Waals surface area (Å²) in [4.78, 5) is 13.2. The first-order valence-electron chi connectivity index (χ1n) is 8.11. The van der Waals surface area contributed by atoms with Crippen LogP contribution in [0, 0.1) is 0 Å². The van der Waals surface area contributed by atoms with E-state index in [2.05, 4.69) is 23.5 Å². The maximum Gasteiger partial charge on any atom is 0.305 e. The zero-order chi connectivity index (χ0) is 15.2. The fraction of sp³-hybridized carbons (Fsp3) is 0.938. The van der Waals surface area contributed by atoms with Crippen LogP contribution in [0.5, 0.6) is 0 Å². The van der Waals surface area contributed by atoms with Gasteiger partial charge in [-0.3, -0.25) is 4.79 Å². The number of rotatable bonds is 13. The molecule has 0 saturated heterocycles. The van der Waals surface area contributed by atoms with Crippen molar-refractivity contribution in [2.24, 2.45) is 0 Å². The number of methoxy groups -OCH3 is 1. The van der Waals surface area contributed by atoms with Crippen molar-refractivity contribution < 1.29 is 14.6 Å². The molecule has 0 spiro atoms. The molecule has 4 nitrogen and oxygen atoms in total. The van der Waals surface area contributed by atoms with Crippen LogP contribution in [0.25, 0.3) is 0 Å². The van der Waals surface area contributed by atoms with E-state index in [-0.39, 0.29) is 24.5 Å². The summed E-state index contributed by atoms with van der Waals surface area (Å²) < 4.78 is 4.60. The number of halogens is 1. The molecule has 0 aromatic heterocycles.